The highest BCUT2D eigenvalue weighted by atomic mass is 15.0. The summed E-state index contributed by atoms with van der Waals surface area (Å²) in [6.45, 7) is 1.93. The monoisotopic (exact) mass is 228 g/mol. The summed E-state index contributed by atoms with van der Waals surface area (Å²) < 4.78 is 0. The van der Waals surface area contributed by atoms with Crippen molar-refractivity contribution >= 4 is 0 Å². The van der Waals surface area contributed by atoms with Crippen LogP contribution >= 0.6 is 0 Å². The summed E-state index contributed by atoms with van der Waals surface area (Å²) in [6, 6.07) is 3.96. The van der Waals surface area contributed by atoms with E-state index in [1.54, 1.807) is 6.20 Å². The van der Waals surface area contributed by atoms with Gasteiger partial charge in [0, 0.05) is 18.0 Å². The van der Waals surface area contributed by atoms with Crippen molar-refractivity contribution in [3.63, 3.8) is 0 Å². The molecule has 2 N–H and O–H groups in total. The zero-order chi connectivity index (χ0) is 11.5. The molecule has 1 aliphatic carbocycles. The minimum atomic E-state index is 0.816. The van der Waals surface area contributed by atoms with Crippen LogP contribution in [0.15, 0.2) is 30.7 Å². The number of H-pyrrole nitrogens is 1. The average molecular weight is 228 g/mol. The van der Waals surface area contributed by atoms with Crippen LogP contribution < -0.4 is 5.32 Å². The molecule has 0 spiro atoms. The number of hydrogen-bond acceptors (Lipinski definition) is 3. The van der Waals surface area contributed by atoms with E-state index in [-0.39, 0.29) is 0 Å². The maximum Gasteiger partial charge on any atom is 0.120 e. The molecule has 0 amide bonds. The first-order valence-corrected chi connectivity index (χ1v) is 6.07. The van der Waals surface area contributed by atoms with Crippen LogP contribution in [-0.2, 0) is 6.54 Å². The van der Waals surface area contributed by atoms with Gasteiger partial charge in [-0.25, -0.2) is 4.98 Å². The Kier molecular flexibility index (Phi) is 2.88. The molecule has 0 aromatic carbocycles. The molecule has 0 aliphatic heterocycles. The molecule has 1 saturated carbocycles. The Morgan fingerprint density at radius 3 is 3.06 bits per heavy atom. The molecule has 0 bridgehead atoms. The van der Waals surface area contributed by atoms with Gasteiger partial charge in [0.2, 0.25) is 0 Å². The van der Waals surface area contributed by atoms with Crippen molar-refractivity contribution in [2.75, 3.05) is 6.54 Å². The molecule has 4 nitrogen and oxygen atoms in total. The zero-order valence-electron chi connectivity index (χ0n) is 9.69. The normalized spacial score (nSPS) is 15.1. The van der Waals surface area contributed by atoms with E-state index in [0.29, 0.717) is 0 Å². The third kappa shape index (κ3) is 2.71. The van der Waals surface area contributed by atoms with Gasteiger partial charge in [0.15, 0.2) is 0 Å². The topological polar surface area (TPSA) is 53.6 Å². The lowest BCUT2D eigenvalue weighted by Gasteiger charge is -2.00. The molecular weight excluding hydrogens is 212 g/mol. The Balaban J connectivity index is 1.61. The van der Waals surface area contributed by atoms with E-state index < -0.39 is 0 Å². The minimum Gasteiger partial charge on any atom is -0.341 e. The second kappa shape index (κ2) is 4.67. The van der Waals surface area contributed by atoms with Gasteiger partial charge in [-0.1, -0.05) is 0 Å². The van der Waals surface area contributed by atoms with Crippen LogP contribution in [0.5, 0.6) is 0 Å². The lowest BCUT2D eigenvalue weighted by atomic mass is 10.2. The maximum atomic E-state index is 4.36. The van der Waals surface area contributed by atoms with Crippen LogP contribution in [0.3, 0.4) is 0 Å². The van der Waals surface area contributed by atoms with E-state index in [0.717, 1.165) is 36.1 Å². The van der Waals surface area contributed by atoms with Crippen LogP contribution in [0.2, 0.25) is 0 Å². The van der Waals surface area contributed by atoms with Crippen LogP contribution in [0.1, 0.15) is 18.7 Å². The van der Waals surface area contributed by atoms with Crippen molar-refractivity contribution in [3.8, 4) is 11.3 Å². The van der Waals surface area contributed by atoms with E-state index >= 15 is 0 Å². The Bertz CT molecular complexity index is 473. The van der Waals surface area contributed by atoms with Gasteiger partial charge in [-0.2, -0.15) is 0 Å². The highest BCUT2D eigenvalue weighted by Gasteiger charge is 2.20. The molecule has 1 fully saturated rings. The number of aromatic amines is 1. The predicted octanol–water partition coefficient (Wildman–Crippen LogP) is 1.97. The molecule has 2 aromatic rings. The Labute approximate surface area is 101 Å². The molecule has 17 heavy (non-hydrogen) atoms. The van der Waals surface area contributed by atoms with Crippen LogP contribution in [0.4, 0.5) is 0 Å². The lowest BCUT2D eigenvalue weighted by Crippen LogP contribution is -2.16. The van der Waals surface area contributed by atoms with Crippen molar-refractivity contribution in [2.24, 2.45) is 5.92 Å². The number of rotatable bonds is 5. The largest absolute Gasteiger partial charge is 0.341 e. The van der Waals surface area contributed by atoms with Gasteiger partial charge < -0.3 is 10.3 Å². The van der Waals surface area contributed by atoms with E-state index in [2.05, 4.69) is 20.3 Å². The standard InChI is InChI=1S/C13H16N4/c1-2-11(7-14-5-1)12-8-16-13(17-12)9-15-6-10-3-4-10/h1-2,5,7-8,10,15H,3-4,6,9H2,(H,16,17). The van der Waals surface area contributed by atoms with Gasteiger partial charge in [0.1, 0.15) is 5.82 Å². The number of pyridine rings is 1. The quantitative estimate of drug-likeness (QED) is 0.822. The van der Waals surface area contributed by atoms with E-state index in [1.807, 2.05) is 24.5 Å². The van der Waals surface area contributed by atoms with Gasteiger partial charge >= 0.3 is 0 Å². The Morgan fingerprint density at radius 1 is 1.35 bits per heavy atom. The fourth-order valence-corrected chi connectivity index (χ4v) is 1.84. The van der Waals surface area contributed by atoms with Crippen molar-refractivity contribution in [3.05, 3.63) is 36.5 Å². The fraction of sp³-hybridized carbons (Fsp3) is 0.385. The molecule has 4 heteroatoms. The third-order valence-electron chi connectivity index (χ3n) is 3.02. The maximum absolute atomic E-state index is 4.36. The molecule has 0 unspecified atom stereocenters. The molecule has 3 rings (SSSR count). The predicted molar refractivity (Wildman–Crippen MR) is 66.2 cm³/mol. The molecule has 0 saturated heterocycles. The summed E-state index contributed by atoms with van der Waals surface area (Å²) in [7, 11) is 0. The summed E-state index contributed by atoms with van der Waals surface area (Å²) in [4.78, 5) is 11.8. The summed E-state index contributed by atoms with van der Waals surface area (Å²) >= 11 is 0. The summed E-state index contributed by atoms with van der Waals surface area (Å²) in [5, 5.41) is 3.42. The van der Waals surface area contributed by atoms with Gasteiger partial charge in [0.25, 0.3) is 0 Å². The summed E-state index contributed by atoms with van der Waals surface area (Å²) in [5.41, 5.74) is 2.11. The Morgan fingerprint density at radius 2 is 2.29 bits per heavy atom. The highest BCUT2D eigenvalue weighted by molar-refractivity contribution is 5.56. The molecule has 2 heterocycles. The molecular formula is C13H16N4. The highest BCUT2D eigenvalue weighted by Crippen LogP contribution is 2.27. The summed E-state index contributed by atoms with van der Waals surface area (Å²) in [5.74, 6) is 1.90. The van der Waals surface area contributed by atoms with E-state index in [9.17, 15) is 0 Å². The van der Waals surface area contributed by atoms with E-state index in [4.69, 9.17) is 0 Å². The zero-order valence-corrected chi connectivity index (χ0v) is 9.69. The second-order valence-electron chi connectivity index (χ2n) is 4.56. The van der Waals surface area contributed by atoms with Crippen molar-refractivity contribution in [1.29, 1.82) is 0 Å². The van der Waals surface area contributed by atoms with Crippen molar-refractivity contribution in [1.82, 2.24) is 20.3 Å². The first-order valence-electron chi connectivity index (χ1n) is 6.07. The van der Waals surface area contributed by atoms with Crippen LogP contribution in [-0.4, -0.2) is 21.5 Å². The molecule has 1 aliphatic rings. The molecule has 88 valence electrons. The van der Waals surface area contributed by atoms with Gasteiger partial charge in [-0.3, -0.25) is 4.98 Å². The number of nitrogens with zero attached hydrogens (tertiary/aromatic N) is 2. The average Bonchev–Trinajstić information content (AvgIpc) is 3.07. The van der Waals surface area contributed by atoms with Gasteiger partial charge in [0.05, 0.1) is 18.4 Å². The van der Waals surface area contributed by atoms with Crippen LogP contribution in [0, 0.1) is 5.92 Å². The smallest absolute Gasteiger partial charge is 0.120 e. The number of aromatic nitrogens is 3. The third-order valence-corrected chi connectivity index (χ3v) is 3.02. The second-order valence-corrected chi connectivity index (χ2v) is 4.56. The molecule has 2 aromatic heterocycles. The first-order chi connectivity index (χ1) is 8.42. The molecule has 0 atom stereocenters. The van der Waals surface area contributed by atoms with Crippen LogP contribution in [0.25, 0.3) is 11.3 Å². The summed E-state index contributed by atoms with van der Waals surface area (Å²) in [6.07, 6.45) is 8.25. The molecule has 0 radical (unpaired) electrons. The first kappa shape index (κ1) is 10.5. The number of imidazole rings is 1. The minimum absolute atomic E-state index is 0.816. The van der Waals surface area contributed by atoms with Crippen molar-refractivity contribution < 1.29 is 0 Å². The van der Waals surface area contributed by atoms with Crippen molar-refractivity contribution in [2.45, 2.75) is 19.4 Å². The van der Waals surface area contributed by atoms with Gasteiger partial charge in [-0.05, 0) is 37.4 Å². The lowest BCUT2D eigenvalue weighted by molar-refractivity contribution is 0.623. The Hall–Kier alpha value is -1.68. The van der Waals surface area contributed by atoms with Gasteiger partial charge in [-0.15, -0.1) is 0 Å². The van der Waals surface area contributed by atoms with E-state index in [1.165, 1.54) is 12.8 Å². The SMILES string of the molecule is c1cncc(-c2cnc(CNCC3CC3)[nH]2)c1. The number of hydrogen-bond donors (Lipinski definition) is 2. The fourth-order valence-electron chi connectivity index (χ4n) is 1.84. The number of nitrogens with one attached hydrogen (secondary N) is 2.